The van der Waals surface area contributed by atoms with Gasteiger partial charge in [-0.3, -0.25) is 9.59 Å². The summed E-state index contributed by atoms with van der Waals surface area (Å²) in [5.74, 6) is 1.19. The van der Waals surface area contributed by atoms with Crippen molar-refractivity contribution in [1.29, 1.82) is 0 Å². The van der Waals surface area contributed by atoms with E-state index in [0.717, 1.165) is 38.5 Å². The predicted octanol–water partition coefficient (Wildman–Crippen LogP) is 4.03. The zero-order valence-corrected chi connectivity index (χ0v) is 17.5. The molecule has 0 spiro atoms. The number of carbonyl (C=O) groups excluding carboxylic acids is 2. The molecule has 5 heteroatoms. The third-order valence-electron chi connectivity index (χ3n) is 7.12. The summed E-state index contributed by atoms with van der Waals surface area (Å²) in [6, 6.07) is 0. The predicted molar refractivity (Wildman–Crippen MR) is 106 cm³/mol. The highest BCUT2D eigenvalue weighted by Gasteiger charge is 2.43. The molecule has 2 aliphatic carbocycles. The van der Waals surface area contributed by atoms with Gasteiger partial charge in [0.05, 0.1) is 18.4 Å². The number of ether oxygens (including phenoxy) is 2. The van der Waals surface area contributed by atoms with Gasteiger partial charge in [-0.25, -0.2) is 0 Å². The van der Waals surface area contributed by atoms with Crippen molar-refractivity contribution in [2.75, 3.05) is 0 Å². The number of carbonyl (C=O) groups is 2. The van der Waals surface area contributed by atoms with E-state index in [-0.39, 0.29) is 36.5 Å². The van der Waals surface area contributed by atoms with Crippen LogP contribution < -0.4 is 0 Å². The third-order valence-corrected chi connectivity index (χ3v) is 7.12. The highest BCUT2D eigenvalue weighted by molar-refractivity contribution is 5.72. The lowest BCUT2D eigenvalue weighted by Gasteiger charge is -2.46. The normalized spacial score (nSPS) is 39.0. The smallest absolute Gasteiger partial charge is 0.308 e. The topological polar surface area (TPSA) is 72.8 Å². The Bertz CT molecular complexity index is 586. The molecule has 3 aliphatic rings. The number of aliphatic hydroxyl groups is 1. The van der Waals surface area contributed by atoms with Crippen LogP contribution in [0, 0.1) is 29.6 Å². The van der Waals surface area contributed by atoms with Gasteiger partial charge in [-0.2, -0.15) is 0 Å². The molecule has 158 valence electrons. The van der Waals surface area contributed by atoms with E-state index in [1.165, 1.54) is 0 Å². The number of fused-ring (bicyclic) bond motifs is 1. The summed E-state index contributed by atoms with van der Waals surface area (Å²) < 4.78 is 11.5. The van der Waals surface area contributed by atoms with E-state index in [4.69, 9.17) is 9.47 Å². The second-order valence-corrected chi connectivity index (χ2v) is 9.15. The maximum Gasteiger partial charge on any atom is 0.308 e. The van der Waals surface area contributed by atoms with E-state index < -0.39 is 6.10 Å². The van der Waals surface area contributed by atoms with Crippen molar-refractivity contribution < 1.29 is 24.2 Å². The number of rotatable bonds is 6. The second kappa shape index (κ2) is 9.43. The molecule has 8 atom stereocenters. The van der Waals surface area contributed by atoms with Gasteiger partial charge >= 0.3 is 11.9 Å². The van der Waals surface area contributed by atoms with Gasteiger partial charge in [0.2, 0.25) is 0 Å². The van der Waals surface area contributed by atoms with Crippen LogP contribution in [0.2, 0.25) is 0 Å². The minimum Gasteiger partial charge on any atom is -0.462 e. The molecule has 0 bridgehead atoms. The maximum atomic E-state index is 12.5. The first-order chi connectivity index (χ1) is 13.4. The Labute approximate surface area is 168 Å². The van der Waals surface area contributed by atoms with Crippen LogP contribution in [-0.2, 0) is 19.1 Å². The first-order valence-corrected chi connectivity index (χ1v) is 11.1. The van der Waals surface area contributed by atoms with Gasteiger partial charge in [0.15, 0.2) is 0 Å². The van der Waals surface area contributed by atoms with Crippen LogP contribution in [0.25, 0.3) is 0 Å². The number of aliphatic hydroxyl groups excluding tert-OH is 1. The minimum atomic E-state index is -0.582. The Kier molecular flexibility index (Phi) is 7.19. The molecule has 0 aromatic rings. The molecule has 5 nitrogen and oxygen atoms in total. The standard InChI is InChI=1S/C23H36O5/c1-4-14(2)23(26)28-20-7-5-6-16-9-8-15(3)19(22(16)20)11-10-18-12-17(24)13-21(25)27-18/h8-9,14-20,22,24H,4-7,10-13H2,1-3H3/t14-,15-,16?,17+,18+,19-,20-,22-/m0/s1. The Morgan fingerprint density at radius 3 is 2.82 bits per heavy atom. The van der Waals surface area contributed by atoms with Crippen LogP contribution in [0.3, 0.4) is 0 Å². The third kappa shape index (κ3) is 4.97. The van der Waals surface area contributed by atoms with Gasteiger partial charge in [-0.05, 0) is 56.3 Å². The molecule has 28 heavy (non-hydrogen) atoms. The summed E-state index contributed by atoms with van der Waals surface area (Å²) in [4.78, 5) is 24.1. The van der Waals surface area contributed by atoms with Crippen molar-refractivity contribution in [3.05, 3.63) is 12.2 Å². The van der Waals surface area contributed by atoms with E-state index in [2.05, 4.69) is 19.1 Å². The maximum absolute atomic E-state index is 12.5. The highest BCUT2D eigenvalue weighted by Crippen LogP contribution is 2.46. The zero-order valence-electron chi connectivity index (χ0n) is 17.5. The van der Waals surface area contributed by atoms with Crippen LogP contribution in [0.1, 0.15) is 72.1 Å². The number of hydrogen-bond donors (Lipinski definition) is 1. The van der Waals surface area contributed by atoms with E-state index >= 15 is 0 Å². The van der Waals surface area contributed by atoms with Crippen molar-refractivity contribution in [1.82, 2.24) is 0 Å². The fourth-order valence-electron chi connectivity index (χ4n) is 5.29. The molecule has 1 unspecified atom stereocenters. The summed E-state index contributed by atoms with van der Waals surface area (Å²) in [6.07, 6.45) is 10.2. The van der Waals surface area contributed by atoms with Crippen molar-refractivity contribution in [2.45, 2.75) is 90.4 Å². The van der Waals surface area contributed by atoms with Crippen LogP contribution in [0.5, 0.6) is 0 Å². The summed E-state index contributed by atoms with van der Waals surface area (Å²) >= 11 is 0. The van der Waals surface area contributed by atoms with Crippen LogP contribution >= 0.6 is 0 Å². The number of allylic oxidation sites excluding steroid dienone is 2. The lowest BCUT2D eigenvalue weighted by atomic mass is 9.62. The van der Waals surface area contributed by atoms with E-state index in [1.807, 2.05) is 13.8 Å². The summed E-state index contributed by atoms with van der Waals surface area (Å²) in [6.45, 7) is 6.19. The van der Waals surface area contributed by atoms with E-state index in [0.29, 0.717) is 30.1 Å². The molecule has 3 rings (SSSR count). The van der Waals surface area contributed by atoms with Gasteiger partial charge in [0, 0.05) is 12.3 Å². The lowest BCUT2D eigenvalue weighted by Crippen LogP contribution is -2.44. The fraction of sp³-hybridized carbons (Fsp3) is 0.826. The molecule has 0 aromatic heterocycles. The first-order valence-electron chi connectivity index (χ1n) is 11.1. The molecule has 1 saturated carbocycles. The Hall–Kier alpha value is -1.36. The first kappa shape index (κ1) is 21.4. The summed E-state index contributed by atoms with van der Waals surface area (Å²) in [5.41, 5.74) is 0. The van der Waals surface area contributed by atoms with Crippen LogP contribution in [0.15, 0.2) is 12.2 Å². The van der Waals surface area contributed by atoms with Gasteiger partial charge in [-0.15, -0.1) is 0 Å². The molecule has 1 aliphatic heterocycles. The Morgan fingerprint density at radius 1 is 1.32 bits per heavy atom. The average Bonchev–Trinajstić information content (AvgIpc) is 2.66. The van der Waals surface area contributed by atoms with Crippen molar-refractivity contribution in [3.8, 4) is 0 Å². The highest BCUT2D eigenvalue weighted by atomic mass is 16.5. The van der Waals surface area contributed by atoms with Crippen LogP contribution in [0.4, 0.5) is 0 Å². The number of esters is 2. The molecule has 0 amide bonds. The van der Waals surface area contributed by atoms with Crippen molar-refractivity contribution >= 4 is 11.9 Å². The summed E-state index contributed by atoms with van der Waals surface area (Å²) in [7, 11) is 0. The van der Waals surface area contributed by atoms with Crippen LogP contribution in [-0.4, -0.2) is 35.4 Å². The minimum absolute atomic E-state index is 0.0165. The quantitative estimate of drug-likeness (QED) is 0.546. The van der Waals surface area contributed by atoms with Crippen molar-refractivity contribution in [2.24, 2.45) is 29.6 Å². The lowest BCUT2D eigenvalue weighted by molar-refractivity contribution is -0.164. The fourth-order valence-corrected chi connectivity index (χ4v) is 5.29. The van der Waals surface area contributed by atoms with Gasteiger partial charge in [0.25, 0.3) is 0 Å². The van der Waals surface area contributed by atoms with Gasteiger partial charge < -0.3 is 14.6 Å². The summed E-state index contributed by atoms with van der Waals surface area (Å²) in [5, 5.41) is 9.87. The Morgan fingerprint density at radius 2 is 2.11 bits per heavy atom. The van der Waals surface area contributed by atoms with E-state index in [9.17, 15) is 14.7 Å². The molecular formula is C23H36O5. The number of cyclic esters (lactones) is 1. The molecule has 0 radical (unpaired) electrons. The van der Waals surface area contributed by atoms with Gasteiger partial charge in [-0.1, -0.05) is 32.9 Å². The monoisotopic (exact) mass is 392 g/mol. The van der Waals surface area contributed by atoms with Gasteiger partial charge in [0.1, 0.15) is 12.2 Å². The molecule has 1 saturated heterocycles. The zero-order chi connectivity index (χ0) is 20.3. The molecule has 2 fully saturated rings. The Balaban J connectivity index is 1.68. The SMILES string of the molecule is CC[C@H](C)C(=O)O[C@H]1CCCC2C=C[C@H](C)[C@H](CC[C@@H]3C[C@@H](O)CC(=O)O3)[C@H]21. The number of hydrogen-bond acceptors (Lipinski definition) is 5. The molecular weight excluding hydrogens is 356 g/mol. The second-order valence-electron chi connectivity index (χ2n) is 9.15. The molecule has 1 heterocycles. The largest absolute Gasteiger partial charge is 0.462 e. The molecule has 0 aromatic carbocycles. The van der Waals surface area contributed by atoms with E-state index in [1.54, 1.807) is 0 Å². The average molecular weight is 393 g/mol. The molecule has 1 N–H and O–H groups in total. The van der Waals surface area contributed by atoms with Crippen molar-refractivity contribution in [3.63, 3.8) is 0 Å².